The van der Waals surface area contributed by atoms with Gasteiger partial charge in [0.2, 0.25) is 11.1 Å². The highest BCUT2D eigenvalue weighted by Crippen LogP contribution is 2.38. The maximum Gasteiger partial charge on any atom is 0.255 e. The van der Waals surface area contributed by atoms with Crippen molar-refractivity contribution in [3.05, 3.63) is 101 Å². The number of para-hydroxylation sites is 2. The van der Waals surface area contributed by atoms with Gasteiger partial charge in [-0.3, -0.25) is 4.79 Å². The molecular weight excluding hydrogens is 565 g/mol. The molecule has 5 rings (SSSR count). The van der Waals surface area contributed by atoms with Gasteiger partial charge in [-0.15, -0.1) is 5.10 Å². The lowest BCUT2D eigenvalue weighted by Crippen LogP contribution is -2.31. The maximum atomic E-state index is 14.3. The molecule has 1 aliphatic rings. The molecule has 2 N–H and O–H groups in total. The summed E-state index contributed by atoms with van der Waals surface area (Å²) in [6, 6.07) is 21.2. The summed E-state index contributed by atoms with van der Waals surface area (Å²) < 4.78 is 27.7. The van der Waals surface area contributed by atoms with Gasteiger partial charge in [0, 0.05) is 11.4 Å². The van der Waals surface area contributed by atoms with E-state index in [9.17, 15) is 9.18 Å². The van der Waals surface area contributed by atoms with Gasteiger partial charge >= 0.3 is 0 Å². The van der Waals surface area contributed by atoms with E-state index < -0.39 is 6.04 Å². The summed E-state index contributed by atoms with van der Waals surface area (Å²) in [4.78, 5) is 18.6. The number of rotatable bonds is 12. The van der Waals surface area contributed by atoms with Gasteiger partial charge in [-0.05, 0) is 67.6 Å². The Kier molecular flexibility index (Phi) is 9.66. The van der Waals surface area contributed by atoms with Crippen LogP contribution in [0.1, 0.15) is 51.3 Å². The van der Waals surface area contributed by atoms with Crippen molar-refractivity contribution >= 4 is 29.3 Å². The van der Waals surface area contributed by atoms with Crippen molar-refractivity contribution in [3.8, 4) is 11.5 Å². The third-order valence-electron chi connectivity index (χ3n) is 6.99. The molecule has 0 spiro atoms. The van der Waals surface area contributed by atoms with Crippen LogP contribution in [-0.2, 0) is 10.5 Å². The number of allylic oxidation sites excluding steroid dienone is 1. The predicted molar refractivity (Wildman–Crippen MR) is 168 cm³/mol. The number of fused-ring (bicyclic) bond motifs is 1. The van der Waals surface area contributed by atoms with Crippen molar-refractivity contribution in [1.29, 1.82) is 0 Å². The number of nitrogens with one attached hydrogen (secondary N) is 2. The van der Waals surface area contributed by atoms with Crippen LogP contribution in [0.2, 0.25) is 0 Å². The number of benzene rings is 3. The molecule has 0 fully saturated rings. The summed E-state index contributed by atoms with van der Waals surface area (Å²) in [5.41, 5.74) is 3.13. The second kappa shape index (κ2) is 13.8. The summed E-state index contributed by atoms with van der Waals surface area (Å²) in [5.74, 6) is 2.21. The molecule has 2 heterocycles. The maximum absolute atomic E-state index is 14.3. The molecule has 1 amide bonds. The minimum absolute atomic E-state index is 0.269. The standard InChI is InChI=1S/C33H36FN5O3S/c1-5-41-28-13-9-8-12-27(28)36-31(40)29-22(4)35-32-37-33(43-20-24-10-6-7-11-26(24)34)38-39(32)30(29)23-14-16-25(17-15-23)42-19-18-21(2)3/h6-17,21,30H,5,18-20H2,1-4H3,(H,36,40)(H,35,37,38). The first-order valence-electron chi connectivity index (χ1n) is 14.4. The summed E-state index contributed by atoms with van der Waals surface area (Å²) in [6.45, 7) is 9.18. The van der Waals surface area contributed by atoms with Gasteiger partial charge in [-0.25, -0.2) is 9.07 Å². The van der Waals surface area contributed by atoms with E-state index in [1.807, 2.05) is 62.4 Å². The molecule has 0 aliphatic carbocycles. The summed E-state index contributed by atoms with van der Waals surface area (Å²) in [7, 11) is 0. The first-order valence-corrected chi connectivity index (χ1v) is 15.4. The minimum atomic E-state index is -0.574. The fraction of sp³-hybridized carbons (Fsp3) is 0.303. The van der Waals surface area contributed by atoms with E-state index in [-0.39, 0.29) is 11.7 Å². The Morgan fingerprint density at radius 1 is 1.07 bits per heavy atom. The first-order chi connectivity index (χ1) is 20.8. The molecule has 0 saturated heterocycles. The van der Waals surface area contributed by atoms with Crippen LogP contribution in [0.5, 0.6) is 11.5 Å². The molecule has 0 bridgehead atoms. The molecule has 43 heavy (non-hydrogen) atoms. The second-order valence-electron chi connectivity index (χ2n) is 10.6. The molecule has 1 aliphatic heterocycles. The van der Waals surface area contributed by atoms with Gasteiger partial charge in [0.25, 0.3) is 5.91 Å². The number of nitrogens with zero attached hydrogens (tertiary/aromatic N) is 3. The van der Waals surface area contributed by atoms with Crippen molar-refractivity contribution in [1.82, 2.24) is 14.8 Å². The fourth-order valence-electron chi connectivity index (χ4n) is 4.75. The van der Waals surface area contributed by atoms with Gasteiger partial charge < -0.3 is 20.1 Å². The number of carbonyl (C=O) groups is 1. The van der Waals surface area contributed by atoms with Crippen LogP contribution < -0.4 is 20.1 Å². The summed E-state index contributed by atoms with van der Waals surface area (Å²) >= 11 is 1.33. The highest BCUT2D eigenvalue weighted by molar-refractivity contribution is 7.98. The highest BCUT2D eigenvalue weighted by Gasteiger charge is 2.34. The Bertz CT molecular complexity index is 1600. The van der Waals surface area contributed by atoms with E-state index in [2.05, 4.69) is 29.5 Å². The monoisotopic (exact) mass is 601 g/mol. The van der Waals surface area contributed by atoms with Crippen molar-refractivity contribution < 1.29 is 18.7 Å². The lowest BCUT2D eigenvalue weighted by atomic mass is 9.95. The Balaban J connectivity index is 1.46. The zero-order valence-corrected chi connectivity index (χ0v) is 25.6. The lowest BCUT2D eigenvalue weighted by Gasteiger charge is -2.29. The van der Waals surface area contributed by atoms with E-state index >= 15 is 0 Å². The molecular formula is C33H36FN5O3S. The van der Waals surface area contributed by atoms with E-state index in [1.165, 1.54) is 17.8 Å². The van der Waals surface area contributed by atoms with E-state index in [4.69, 9.17) is 14.6 Å². The quantitative estimate of drug-likeness (QED) is 0.163. The number of thioether (sulfide) groups is 1. The molecule has 224 valence electrons. The van der Waals surface area contributed by atoms with Crippen LogP contribution in [0.25, 0.3) is 0 Å². The second-order valence-corrected chi connectivity index (χ2v) is 11.5. The summed E-state index contributed by atoms with van der Waals surface area (Å²) in [5, 5.41) is 11.6. The van der Waals surface area contributed by atoms with E-state index in [0.717, 1.165) is 17.7 Å². The largest absolute Gasteiger partial charge is 0.494 e. The molecule has 0 radical (unpaired) electrons. The third-order valence-corrected chi connectivity index (χ3v) is 7.87. The first kappa shape index (κ1) is 30.2. The van der Waals surface area contributed by atoms with E-state index in [1.54, 1.807) is 22.9 Å². The average Bonchev–Trinajstić information content (AvgIpc) is 3.39. The van der Waals surface area contributed by atoms with Crippen molar-refractivity contribution in [3.63, 3.8) is 0 Å². The van der Waals surface area contributed by atoms with Crippen LogP contribution in [-0.4, -0.2) is 33.9 Å². The lowest BCUT2D eigenvalue weighted by molar-refractivity contribution is -0.113. The smallest absolute Gasteiger partial charge is 0.255 e. The molecule has 8 nitrogen and oxygen atoms in total. The zero-order valence-electron chi connectivity index (χ0n) is 24.8. The number of anilines is 2. The molecule has 1 atom stereocenters. The number of halogens is 1. The molecule has 3 aromatic carbocycles. The van der Waals surface area contributed by atoms with Gasteiger partial charge in [-0.2, -0.15) is 4.98 Å². The number of hydrogen-bond acceptors (Lipinski definition) is 7. The normalized spacial score (nSPS) is 14.3. The molecule has 4 aromatic rings. The third kappa shape index (κ3) is 7.19. The van der Waals surface area contributed by atoms with Gasteiger partial charge in [0.1, 0.15) is 23.4 Å². The van der Waals surface area contributed by atoms with Crippen molar-refractivity contribution in [2.45, 2.75) is 51.1 Å². The van der Waals surface area contributed by atoms with Crippen LogP contribution in [0.15, 0.2) is 89.2 Å². The van der Waals surface area contributed by atoms with Crippen LogP contribution >= 0.6 is 11.8 Å². The van der Waals surface area contributed by atoms with Gasteiger partial charge in [0.15, 0.2) is 0 Å². The topological polar surface area (TPSA) is 90.3 Å². The van der Waals surface area contributed by atoms with Crippen LogP contribution in [0, 0.1) is 11.7 Å². The molecule has 0 saturated carbocycles. The SMILES string of the molecule is CCOc1ccccc1NC(=O)C1=C(C)Nc2nc(SCc3ccccc3F)nn2C1c1ccc(OCCC(C)C)cc1. The van der Waals surface area contributed by atoms with Crippen LogP contribution in [0.4, 0.5) is 16.0 Å². The molecule has 1 unspecified atom stereocenters. The van der Waals surface area contributed by atoms with Crippen molar-refractivity contribution in [2.24, 2.45) is 5.92 Å². The fourth-order valence-corrected chi connectivity index (χ4v) is 5.57. The number of amides is 1. The van der Waals surface area contributed by atoms with Crippen LogP contribution in [0.3, 0.4) is 0 Å². The Labute approximate surface area is 255 Å². The number of ether oxygens (including phenoxy) is 2. The molecule has 10 heteroatoms. The predicted octanol–water partition coefficient (Wildman–Crippen LogP) is 7.46. The van der Waals surface area contributed by atoms with E-state index in [0.29, 0.717) is 64.3 Å². The highest BCUT2D eigenvalue weighted by atomic mass is 32.2. The Hall–Kier alpha value is -4.31. The zero-order chi connectivity index (χ0) is 30.3. The minimum Gasteiger partial charge on any atom is -0.494 e. The van der Waals surface area contributed by atoms with Gasteiger partial charge in [0.05, 0.1) is 24.5 Å². The number of carbonyl (C=O) groups excluding carboxylic acids is 1. The average molecular weight is 602 g/mol. The van der Waals surface area contributed by atoms with Crippen molar-refractivity contribution in [2.75, 3.05) is 23.8 Å². The Morgan fingerprint density at radius 3 is 2.56 bits per heavy atom. The summed E-state index contributed by atoms with van der Waals surface area (Å²) in [6.07, 6.45) is 0.959. The molecule has 1 aromatic heterocycles. The number of hydrogen-bond donors (Lipinski definition) is 2. The van der Waals surface area contributed by atoms with Gasteiger partial charge in [-0.1, -0.05) is 68.1 Å². The number of aromatic nitrogens is 3. The Morgan fingerprint density at radius 2 is 1.81 bits per heavy atom.